The number of terminal acetylenes is 1. The van der Waals surface area contributed by atoms with Crippen LogP contribution in [0.2, 0.25) is 0 Å². The highest BCUT2D eigenvalue weighted by molar-refractivity contribution is 7.92. The average Bonchev–Trinajstić information content (AvgIpc) is 1.86. The Kier molecular flexibility index (Phi) is 3.40. The molecule has 0 amide bonds. The van der Waals surface area contributed by atoms with Gasteiger partial charge in [0, 0.05) is 6.54 Å². The van der Waals surface area contributed by atoms with Crippen LogP contribution in [0.4, 0.5) is 0 Å². The Labute approximate surface area is 61.5 Å². The van der Waals surface area contributed by atoms with Gasteiger partial charge in [-0.1, -0.05) is 5.92 Å². The summed E-state index contributed by atoms with van der Waals surface area (Å²) in [6.45, 7) is 1.68. The average molecular weight is 161 g/mol. The molecule has 0 fully saturated rings. The maximum atomic E-state index is 10.9. The first-order valence-electron chi connectivity index (χ1n) is 2.89. The van der Waals surface area contributed by atoms with Crippen molar-refractivity contribution in [3.63, 3.8) is 0 Å². The lowest BCUT2D eigenvalue weighted by Gasteiger charge is -2.05. The van der Waals surface area contributed by atoms with Crippen molar-refractivity contribution >= 4 is 9.84 Å². The van der Waals surface area contributed by atoms with E-state index in [-0.39, 0.29) is 12.3 Å². The van der Waals surface area contributed by atoms with Crippen LogP contribution in [-0.2, 0) is 9.84 Å². The SMILES string of the molecule is C#CCS(=O)(=O)C(C)CN. The van der Waals surface area contributed by atoms with Crippen LogP contribution in [0, 0.1) is 12.3 Å². The van der Waals surface area contributed by atoms with Crippen molar-refractivity contribution in [1.29, 1.82) is 0 Å². The quantitative estimate of drug-likeness (QED) is 0.561. The van der Waals surface area contributed by atoms with Gasteiger partial charge in [0.25, 0.3) is 0 Å². The molecule has 0 rings (SSSR count). The fourth-order valence-electron chi connectivity index (χ4n) is 0.405. The van der Waals surface area contributed by atoms with Crippen LogP contribution in [-0.4, -0.2) is 26.0 Å². The molecule has 0 aromatic carbocycles. The van der Waals surface area contributed by atoms with Gasteiger partial charge in [-0.15, -0.1) is 6.42 Å². The lowest BCUT2D eigenvalue weighted by molar-refractivity contribution is 0.587. The summed E-state index contributed by atoms with van der Waals surface area (Å²) in [6.07, 6.45) is 4.84. The summed E-state index contributed by atoms with van der Waals surface area (Å²) < 4.78 is 21.9. The summed E-state index contributed by atoms with van der Waals surface area (Å²) in [4.78, 5) is 0. The van der Waals surface area contributed by atoms with E-state index in [0.29, 0.717) is 0 Å². The highest BCUT2D eigenvalue weighted by Gasteiger charge is 2.16. The predicted molar refractivity (Wildman–Crippen MR) is 41.1 cm³/mol. The van der Waals surface area contributed by atoms with Crippen LogP contribution < -0.4 is 5.73 Å². The molecule has 0 aliphatic rings. The van der Waals surface area contributed by atoms with E-state index in [1.807, 2.05) is 0 Å². The Balaban J connectivity index is 4.30. The monoisotopic (exact) mass is 161 g/mol. The van der Waals surface area contributed by atoms with Crippen molar-refractivity contribution in [2.24, 2.45) is 5.73 Å². The molecule has 58 valence electrons. The second-order valence-electron chi connectivity index (χ2n) is 2.06. The minimum Gasteiger partial charge on any atom is -0.329 e. The summed E-state index contributed by atoms with van der Waals surface area (Å²) in [7, 11) is -3.12. The lowest BCUT2D eigenvalue weighted by Crippen LogP contribution is -2.28. The number of nitrogens with two attached hydrogens (primary N) is 1. The zero-order valence-corrected chi connectivity index (χ0v) is 6.69. The van der Waals surface area contributed by atoms with Crippen LogP contribution in [0.3, 0.4) is 0 Å². The molecule has 0 radical (unpaired) electrons. The molecule has 0 bridgehead atoms. The van der Waals surface area contributed by atoms with Gasteiger partial charge < -0.3 is 5.73 Å². The molecule has 1 unspecified atom stereocenters. The molecule has 2 N–H and O–H groups in total. The summed E-state index contributed by atoms with van der Waals surface area (Å²) >= 11 is 0. The summed E-state index contributed by atoms with van der Waals surface area (Å²) in [5.41, 5.74) is 5.14. The van der Waals surface area contributed by atoms with E-state index < -0.39 is 15.1 Å². The lowest BCUT2D eigenvalue weighted by atomic mass is 10.5. The number of hydrogen-bond donors (Lipinski definition) is 1. The molecule has 0 spiro atoms. The van der Waals surface area contributed by atoms with Crippen molar-refractivity contribution in [3.05, 3.63) is 0 Å². The molecule has 10 heavy (non-hydrogen) atoms. The molecule has 0 aliphatic heterocycles. The largest absolute Gasteiger partial charge is 0.329 e. The van der Waals surface area contributed by atoms with Crippen LogP contribution in [0.25, 0.3) is 0 Å². The predicted octanol–water partition coefficient (Wildman–Crippen LogP) is -0.618. The third-order valence-corrected chi connectivity index (χ3v) is 3.22. The molecular formula is C6H11NO2S. The topological polar surface area (TPSA) is 60.2 Å². The molecule has 1 atom stereocenters. The van der Waals surface area contributed by atoms with Gasteiger partial charge in [0.15, 0.2) is 9.84 Å². The molecular weight excluding hydrogens is 150 g/mol. The zero-order chi connectivity index (χ0) is 8.20. The number of rotatable bonds is 3. The van der Waals surface area contributed by atoms with Crippen LogP contribution in [0.15, 0.2) is 0 Å². The molecule has 0 heterocycles. The maximum Gasteiger partial charge on any atom is 0.165 e. The van der Waals surface area contributed by atoms with Crippen molar-refractivity contribution in [2.75, 3.05) is 12.3 Å². The second-order valence-corrected chi connectivity index (χ2v) is 4.48. The molecule has 0 saturated carbocycles. The fraction of sp³-hybridized carbons (Fsp3) is 0.667. The molecule has 0 saturated heterocycles. The first kappa shape index (κ1) is 9.47. The molecule has 4 heteroatoms. The highest BCUT2D eigenvalue weighted by Crippen LogP contribution is 1.98. The highest BCUT2D eigenvalue weighted by atomic mass is 32.2. The van der Waals surface area contributed by atoms with E-state index in [0.717, 1.165) is 0 Å². The van der Waals surface area contributed by atoms with Gasteiger partial charge >= 0.3 is 0 Å². The van der Waals surface area contributed by atoms with Gasteiger partial charge in [0.05, 0.1) is 5.25 Å². The normalized spacial score (nSPS) is 14.1. The summed E-state index contributed by atoms with van der Waals surface area (Å²) in [6, 6.07) is 0. The van der Waals surface area contributed by atoms with Gasteiger partial charge in [-0.05, 0) is 6.92 Å². The van der Waals surface area contributed by atoms with Crippen molar-refractivity contribution in [3.8, 4) is 12.3 Å². The minimum atomic E-state index is -3.12. The van der Waals surface area contributed by atoms with Crippen LogP contribution >= 0.6 is 0 Å². The Morgan fingerprint density at radius 2 is 2.20 bits per heavy atom. The van der Waals surface area contributed by atoms with Gasteiger partial charge in [-0.2, -0.15) is 0 Å². The summed E-state index contributed by atoms with van der Waals surface area (Å²) in [5, 5.41) is -0.524. The van der Waals surface area contributed by atoms with Crippen molar-refractivity contribution < 1.29 is 8.42 Å². The third-order valence-electron chi connectivity index (χ3n) is 1.23. The van der Waals surface area contributed by atoms with Gasteiger partial charge in [0.1, 0.15) is 5.75 Å². The minimum absolute atomic E-state index is 0.129. The van der Waals surface area contributed by atoms with Crippen molar-refractivity contribution in [2.45, 2.75) is 12.2 Å². The van der Waals surface area contributed by atoms with E-state index in [4.69, 9.17) is 12.2 Å². The van der Waals surface area contributed by atoms with Gasteiger partial charge in [-0.25, -0.2) is 8.42 Å². The van der Waals surface area contributed by atoms with E-state index in [2.05, 4.69) is 5.92 Å². The van der Waals surface area contributed by atoms with E-state index >= 15 is 0 Å². The Morgan fingerprint density at radius 3 is 2.50 bits per heavy atom. The fourth-order valence-corrected chi connectivity index (χ4v) is 1.22. The number of sulfone groups is 1. The van der Waals surface area contributed by atoms with Crippen molar-refractivity contribution in [1.82, 2.24) is 0 Å². The first-order valence-corrected chi connectivity index (χ1v) is 4.61. The molecule has 3 nitrogen and oxygen atoms in total. The Morgan fingerprint density at radius 1 is 1.70 bits per heavy atom. The zero-order valence-electron chi connectivity index (χ0n) is 5.87. The summed E-state index contributed by atoms with van der Waals surface area (Å²) in [5.74, 6) is 1.86. The van der Waals surface area contributed by atoms with E-state index in [1.54, 1.807) is 6.92 Å². The van der Waals surface area contributed by atoms with Crippen LogP contribution in [0.1, 0.15) is 6.92 Å². The third kappa shape index (κ3) is 2.38. The van der Waals surface area contributed by atoms with Gasteiger partial charge in [-0.3, -0.25) is 0 Å². The van der Waals surface area contributed by atoms with E-state index in [1.165, 1.54) is 0 Å². The Hall–Kier alpha value is -0.530. The molecule has 0 aliphatic carbocycles. The van der Waals surface area contributed by atoms with Gasteiger partial charge in [0.2, 0.25) is 0 Å². The molecule has 0 aromatic heterocycles. The molecule has 0 aromatic rings. The Bertz CT molecular complexity index is 225. The van der Waals surface area contributed by atoms with E-state index in [9.17, 15) is 8.42 Å². The first-order chi connectivity index (χ1) is 4.54. The maximum absolute atomic E-state index is 10.9. The standard InChI is InChI=1S/C6H11NO2S/c1-3-4-10(8,9)6(2)5-7/h1,6H,4-5,7H2,2H3. The number of hydrogen-bond acceptors (Lipinski definition) is 3. The second kappa shape index (κ2) is 3.59. The van der Waals surface area contributed by atoms with Crippen LogP contribution in [0.5, 0.6) is 0 Å². The smallest absolute Gasteiger partial charge is 0.165 e.